The largest absolute Gasteiger partial charge is 0.478 e. The summed E-state index contributed by atoms with van der Waals surface area (Å²) in [5, 5.41) is 9.64. The molecule has 1 aliphatic rings. The van der Waals surface area contributed by atoms with E-state index in [1.54, 1.807) is 0 Å². The number of rotatable bonds is 2. The Morgan fingerprint density at radius 1 is 1.11 bits per heavy atom. The van der Waals surface area contributed by atoms with E-state index < -0.39 is 11.6 Å². The second-order valence-corrected chi connectivity index (χ2v) is 4.63. The molecule has 0 bridgehead atoms. The van der Waals surface area contributed by atoms with Crippen LogP contribution in [0.1, 0.15) is 18.9 Å². The van der Waals surface area contributed by atoms with Crippen molar-refractivity contribution in [3.8, 4) is 16.9 Å². The molecule has 0 spiro atoms. The highest BCUT2D eigenvalue weighted by molar-refractivity contribution is 5.88. The standard InChI is InChI=1S/C16H14O3/c1-2-16(15(17)18)13-9-5-3-7-11(13)12-8-4-6-10-14(12)19-16/h3-10H,2H2,1H3,(H,17,18). The molecule has 0 amide bonds. The first-order valence-corrected chi connectivity index (χ1v) is 6.30. The first-order valence-electron chi connectivity index (χ1n) is 6.30. The minimum Gasteiger partial charge on any atom is -0.478 e. The van der Waals surface area contributed by atoms with Gasteiger partial charge < -0.3 is 9.84 Å². The van der Waals surface area contributed by atoms with Gasteiger partial charge in [0.05, 0.1) is 0 Å². The molecule has 96 valence electrons. The number of fused-ring (bicyclic) bond motifs is 3. The van der Waals surface area contributed by atoms with Gasteiger partial charge in [-0.3, -0.25) is 0 Å². The molecule has 2 aromatic carbocycles. The van der Waals surface area contributed by atoms with Crippen molar-refractivity contribution < 1.29 is 14.6 Å². The third kappa shape index (κ3) is 1.55. The van der Waals surface area contributed by atoms with Crippen molar-refractivity contribution in [2.75, 3.05) is 0 Å². The number of carbonyl (C=O) groups is 1. The Hall–Kier alpha value is -2.29. The molecule has 1 N–H and O–H groups in total. The van der Waals surface area contributed by atoms with Crippen LogP contribution in [0.5, 0.6) is 5.75 Å². The molecule has 0 aromatic heterocycles. The molecule has 0 saturated carbocycles. The summed E-state index contributed by atoms with van der Waals surface area (Å²) in [4.78, 5) is 11.8. The van der Waals surface area contributed by atoms with Gasteiger partial charge >= 0.3 is 5.97 Å². The van der Waals surface area contributed by atoms with Crippen LogP contribution in [0, 0.1) is 0 Å². The average Bonchev–Trinajstić information content (AvgIpc) is 2.46. The number of hydrogen-bond acceptors (Lipinski definition) is 2. The van der Waals surface area contributed by atoms with Gasteiger partial charge in [-0.15, -0.1) is 0 Å². The number of carboxylic acids is 1. The zero-order valence-corrected chi connectivity index (χ0v) is 10.6. The summed E-state index contributed by atoms with van der Waals surface area (Å²) in [6.45, 7) is 1.83. The van der Waals surface area contributed by atoms with Crippen LogP contribution in [0.3, 0.4) is 0 Å². The summed E-state index contributed by atoms with van der Waals surface area (Å²) >= 11 is 0. The van der Waals surface area contributed by atoms with Crippen molar-refractivity contribution in [1.82, 2.24) is 0 Å². The van der Waals surface area contributed by atoms with Crippen molar-refractivity contribution >= 4 is 5.97 Å². The van der Waals surface area contributed by atoms with E-state index in [9.17, 15) is 9.90 Å². The Kier molecular flexibility index (Phi) is 2.56. The predicted molar refractivity (Wildman–Crippen MR) is 72.1 cm³/mol. The van der Waals surface area contributed by atoms with Crippen LogP contribution in [0.2, 0.25) is 0 Å². The molecule has 0 fully saturated rings. The van der Waals surface area contributed by atoms with Gasteiger partial charge in [0.1, 0.15) is 5.75 Å². The number of para-hydroxylation sites is 1. The molecule has 3 nitrogen and oxygen atoms in total. The highest BCUT2D eigenvalue weighted by Crippen LogP contribution is 2.46. The summed E-state index contributed by atoms with van der Waals surface area (Å²) in [5.41, 5.74) is 1.33. The van der Waals surface area contributed by atoms with E-state index >= 15 is 0 Å². The van der Waals surface area contributed by atoms with Gasteiger partial charge in [-0.1, -0.05) is 49.4 Å². The molecule has 19 heavy (non-hydrogen) atoms. The van der Waals surface area contributed by atoms with Crippen LogP contribution >= 0.6 is 0 Å². The first kappa shape index (κ1) is 11.8. The monoisotopic (exact) mass is 254 g/mol. The molecule has 3 heteroatoms. The summed E-state index contributed by atoms with van der Waals surface area (Å²) in [7, 11) is 0. The van der Waals surface area contributed by atoms with E-state index in [-0.39, 0.29) is 0 Å². The molecule has 1 atom stereocenters. The number of aliphatic carboxylic acids is 1. The normalized spacial score (nSPS) is 20.1. The molecule has 0 aliphatic carbocycles. The van der Waals surface area contributed by atoms with Crippen molar-refractivity contribution in [2.24, 2.45) is 0 Å². The smallest absolute Gasteiger partial charge is 0.352 e. The molecule has 1 aliphatic heterocycles. The molecule has 1 unspecified atom stereocenters. The molecular weight excluding hydrogens is 240 g/mol. The summed E-state index contributed by atoms with van der Waals surface area (Å²) in [5.74, 6) is -0.317. The van der Waals surface area contributed by atoms with Crippen molar-refractivity contribution in [3.63, 3.8) is 0 Å². The van der Waals surface area contributed by atoms with Crippen LogP contribution in [0.4, 0.5) is 0 Å². The first-order chi connectivity index (χ1) is 9.19. The number of hydrogen-bond donors (Lipinski definition) is 1. The van der Waals surface area contributed by atoms with Gasteiger partial charge in [0.2, 0.25) is 5.60 Å². The lowest BCUT2D eigenvalue weighted by molar-refractivity contribution is -0.157. The predicted octanol–water partition coefficient (Wildman–Crippen LogP) is 3.44. The zero-order valence-electron chi connectivity index (χ0n) is 10.6. The summed E-state index contributed by atoms with van der Waals surface area (Å²) < 4.78 is 5.86. The van der Waals surface area contributed by atoms with Crippen molar-refractivity contribution in [1.29, 1.82) is 0 Å². The summed E-state index contributed by atoms with van der Waals surface area (Å²) in [6.07, 6.45) is 0.383. The second kappa shape index (κ2) is 4.12. The van der Waals surface area contributed by atoms with Gasteiger partial charge in [-0.2, -0.15) is 0 Å². The van der Waals surface area contributed by atoms with Gasteiger partial charge in [-0.05, 0) is 18.1 Å². The molecule has 2 aromatic rings. The topological polar surface area (TPSA) is 46.5 Å². The van der Waals surface area contributed by atoms with Crippen LogP contribution in [-0.2, 0) is 10.4 Å². The van der Waals surface area contributed by atoms with E-state index in [2.05, 4.69) is 0 Å². The molecule has 1 heterocycles. The van der Waals surface area contributed by atoms with Crippen LogP contribution in [0.15, 0.2) is 48.5 Å². The van der Waals surface area contributed by atoms with E-state index in [1.165, 1.54) is 0 Å². The minimum absolute atomic E-state index is 0.383. The van der Waals surface area contributed by atoms with Gasteiger partial charge in [0.25, 0.3) is 0 Å². The van der Waals surface area contributed by atoms with Crippen molar-refractivity contribution in [2.45, 2.75) is 18.9 Å². The Balaban J connectivity index is 2.33. The maximum absolute atomic E-state index is 11.8. The molecule has 0 saturated heterocycles. The van der Waals surface area contributed by atoms with E-state index in [4.69, 9.17) is 4.74 Å². The van der Waals surface area contributed by atoms with E-state index in [1.807, 2.05) is 55.5 Å². The Labute approximate surface area is 111 Å². The number of ether oxygens (including phenoxy) is 1. The fraction of sp³-hybridized carbons (Fsp3) is 0.188. The van der Waals surface area contributed by atoms with Gasteiger partial charge in [0, 0.05) is 11.1 Å². The number of benzene rings is 2. The maximum atomic E-state index is 11.8. The summed E-state index contributed by atoms with van der Waals surface area (Å²) in [6, 6.07) is 15.1. The third-order valence-corrected chi connectivity index (χ3v) is 3.67. The maximum Gasteiger partial charge on any atom is 0.352 e. The highest BCUT2D eigenvalue weighted by atomic mass is 16.5. The Bertz CT molecular complexity index is 648. The SMILES string of the molecule is CCC1(C(=O)O)Oc2ccccc2-c2ccccc21. The van der Waals surface area contributed by atoms with E-state index in [0.29, 0.717) is 12.2 Å². The van der Waals surface area contributed by atoms with Crippen molar-refractivity contribution in [3.05, 3.63) is 54.1 Å². The minimum atomic E-state index is -1.29. The number of carboxylic acid groups (broad SMARTS) is 1. The average molecular weight is 254 g/mol. The second-order valence-electron chi connectivity index (χ2n) is 4.63. The van der Waals surface area contributed by atoms with Gasteiger partial charge in [-0.25, -0.2) is 4.79 Å². The van der Waals surface area contributed by atoms with Crippen LogP contribution < -0.4 is 4.74 Å². The quantitative estimate of drug-likeness (QED) is 0.893. The third-order valence-electron chi connectivity index (χ3n) is 3.67. The molecule has 3 rings (SSSR count). The fourth-order valence-corrected chi connectivity index (χ4v) is 2.66. The molecule has 0 radical (unpaired) electrons. The molecular formula is C16H14O3. The lowest BCUT2D eigenvalue weighted by Gasteiger charge is -2.36. The Morgan fingerprint density at radius 2 is 1.74 bits per heavy atom. The zero-order chi connectivity index (χ0) is 13.5. The van der Waals surface area contributed by atoms with Crippen LogP contribution in [0.25, 0.3) is 11.1 Å². The van der Waals surface area contributed by atoms with Gasteiger partial charge in [0.15, 0.2) is 0 Å². The fourth-order valence-electron chi connectivity index (χ4n) is 2.66. The van der Waals surface area contributed by atoms with E-state index in [0.717, 1.165) is 16.7 Å². The Morgan fingerprint density at radius 3 is 2.42 bits per heavy atom. The lowest BCUT2D eigenvalue weighted by atomic mass is 9.82. The van der Waals surface area contributed by atoms with Crippen LogP contribution in [-0.4, -0.2) is 11.1 Å². The lowest BCUT2D eigenvalue weighted by Crippen LogP contribution is -2.43. The highest BCUT2D eigenvalue weighted by Gasteiger charge is 2.46.